The minimum absolute atomic E-state index is 0.0354. The lowest BCUT2D eigenvalue weighted by Crippen LogP contribution is -2.46. The van der Waals surface area contributed by atoms with Gasteiger partial charge < -0.3 is 11.1 Å². The second-order valence-electron chi connectivity index (χ2n) is 6.69. The quantitative estimate of drug-likeness (QED) is 0.602. The Kier molecular flexibility index (Phi) is 5.10. The number of anilines is 1. The fraction of sp³-hybridized carbons (Fsp3) is 0.529. The van der Waals surface area contributed by atoms with Gasteiger partial charge in [-0.2, -0.15) is 0 Å². The number of nitrogens with two attached hydrogens (primary N) is 1. The van der Waals surface area contributed by atoms with E-state index in [1.807, 2.05) is 12.2 Å². The summed E-state index contributed by atoms with van der Waals surface area (Å²) in [5.41, 5.74) is 4.94. The van der Waals surface area contributed by atoms with Crippen molar-refractivity contribution in [2.24, 2.45) is 11.7 Å². The zero-order valence-corrected chi connectivity index (χ0v) is 14.9. The van der Waals surface area contributed by atoms with Crippen LogP contribution in [0.3, 0.4) is 0 Å². The molecule has 7 nitrogen and oxygen atoms in total. The summed E-state index contributed by atoms with van der Waals surface area (Å²) >= 11 is 0. The van der Waals surface area contributed by atoms with Crippen LogP contribution in [-0.2, 0) is 14.8 Å². The van der Waals surface area contributed by atoms with Crippen molar-refractivity contribution >= 4 is 21.7 Å². The Hall–Kier alpha value is -1.93. The van der Waals surface area contributed by atoms with Crippen molar-refractivity contribution in [2.75, 3.05) is 11.9 Å². The standard InChI is InChI=1S/C17H24N4O3S/c18-17-12-13(17)8-5-3-1-2-4-6-10-19-15-14(9-7-11-20-15)25(23,24)21-16(17)22/h5,7-9,11,13H,1-4,6,10,12,18H2,(H,19,20)(H,21,22)/t13-,17-/m1/s1. The fourth-order valence-electron chi connectivity index (χ4n) is 3.03. The Morgan fingerprint density at radius 2 is 2.04 bits per heavy atom. The molecule has 136 valence electrons. The third-order valence-electron chi connectivity index (χ3n) is 4.73. The van der Waals surface area contributed by atoms with Crippen molar-refractivity contribution in [3.05, 3.63) is 30.5 Å². The zero-order chi connectivity index (χ0) is 17.9. The second kappa shape index (κ2) is 7.13. The predicted octanol–water partition coefficient (Wildman–Crippen LogP) is 1.54. The van der Waals surface area contributed by atoms with Gasteiger partial charge in [0.25, 0.3) is 15.9 Å². The molecule has 1 aromatic rings. The van der Waals surface area contributed by atoms with Crippen LogP contribution < -0.4 is 15.8 Å². The molecule has 0 spiro atoms. The molecule has 0 unspecified atom stereocenters. The number of nitrogens with zero attached hydrogens (tertiary/aromatic N) is 1. The molecule has 1 aliphatic carbocycles. The highest BCUT2D eigenvalue weighted by Crippen LogP contribution is 2.42. The maximum atomic E-state index is 12.6. The van der Waals surface area contributed by atoms with Crippen LogP contribution in [0.1, 0.15) is 38.5 Å². The molecule has 0 radical (unpaired) electrons. The van der Waals surface area contributed by atoms with Crippen LogP contribution in [0.4, 0.5) is 5.82 Å². The number of aromatic nitrogens is 1. The molecule has 1 amide bonds. The maximum Gasteiger partial charge on any atom is 0.267 e. The second-order valence-corrected chi connectivity index (χ2v) is 8.34. The number of rotatable bonds is 0. The predicted molar refractivity (Wildman–Crippen MR) is 95.3 cm³/mol. The summed E-state index contributed by atoms with van der Waals surface area (Å²) in [5, 5.41) is 3.06. The van der Waals surface area contributed by atoms with Crippen LogP contribution in [0.25, 0.3) is 0 Å². The molecule has 1 aromatic heterocycles. The first-order valence-corrected chi connectivity index (χ1v) is 10.1. The van der Waals surface area contributed by atoms with E-state index in [1.165, 1.54) is 18.3 Å². The number of sulfonamides is 1. The number of allylic oxidation sites excluding steroid dienone is 1. The topological polar surface area (TPSA) is 114 Å². The van der Waals surface area contributed by atoms with Gasteiger partial charge in [0.05, 0.1) is 0 Å². The van der Waals surface area contributed by atoms with Crippen molar-refractivity contribution in [1.29, 1.82) is 0 Å². The first kappa shape index (κ1) is 17.9. The number of nitrogens with one attached hydrogen (secondary N) is 2. The summed E-state index contributed by atoms with van der Waals surface area (Å²) in [7, 11) is -4.03. The Morgan fingerprint density at radius 1 is 1.24 bits per heavy atom. The molecule has 1 saturated carbocycles. The molecule has 25 heavy (non-hydrogen) atoms. The van der Waals surface area contributed by atoms with E-state index >= 15 is 0 Å². The summed E-state index contributed by atoms with van der Waals surface area (Å²) in [4.78, 5) is 16.5. The highest BCUT2D eigenvalue weighted by Gasteiger charge is 2.56. The number of pyridine rings is 1. The van der Waals surface area contributed by atoms with Gasteiger partial charge in [0.15, 0.2) is 0 Å². The lowest BCUT2D eigenvalue weighted by molar-refractivity contribution is -0.121. The van der Waals surface area contributed by atoms with E-state index in [0.29, 0.717) is 13.0 Å². The van der Waals surface area contributed by atoms with Crippen LogP contribution in [0.5, 0.6) is 0 Å². The molecule has 2 aliphatic rings. The van der Waals surface area contributed by atoms with E-state index in [-0.39, 0.29) is 16.6 Å². The smallest absolute Gasteiger partial charge is 0.267 e. The van der Waals surface area contributed by atoms with Gasteiger partial charge in [-0.1, -0.05) is 25.0 Å². The van der Waals surface area contributed by atoms with Crippen LogP contribution in [0, 0.1) is 5.92 Å². The Morgan fingerprint density at radius 3 is 2.88 bits per heavy atom. The van der Waals surface area contributed by atoms with Crippen molar-refractivity contribution < 1.29 is 13.2 Å². The molecular weight excluding hydrogens is 340 g/mol. The van der Waals surface area contributed by atoms with Crippen molar-refractivity contribution in [3.63, 3.8) is 0 Å². The molecule has 2 heterocycles. The van der Waals surface area contributed by atoms with Crippen molar-refractivity contribution in [2.45, 2.75) is 49.0 Å². The van der Waals surface area contributed by atoms with Crippen LogP contribution in [-0.4, -0.2) is 31.4 Å². The lowest BCUT2D eigenvalue weighted by atomic mass is 10.1. The minimum atomic E-state index is -4.03. The van der Waals surface area contributed by atoms with E-state index in [9.17, 15) is 13.2 Å². The molecule has 0 aromatic carbocycles. The molecule has 0 bridgehead atoms. The number of hydrogen-bond acceptors (Lipinski definition) is 6. The summed E-state index contributed by atoms with van der Waals surface area (Å²) in [6.45, 7) is 0.631. The number of amides is 1. The van der Waals surface area contributed by atoms with Gasteiger partial charge in [-0.25, -0.2) is 18.1 Å². The molecular formula is C17H24N4O3S. The van der Waals surface area contributed by atoms with Gasteiger partial charge in [0, 0.05) is 18.7 Å². The lowest BCUT2D eigenvalue weighted by Gasteiger charge is -2.15. The first-order valence-electron chi connectivity index (χ1n) is 8.65. The van der Waals surface area contributed by atoms with Crippen LogP contribution in [0.15, 0.2) is 35.4 Å². The summed E-state index contributed by atoms with van der Waals surface area (Å²) in [5.74, 6) is -0.514. The number of fused-ring (bicyclic) bond motifs is 2. The van der Waals surface area contributed by atoms with E-state index in [0.717, 1.165) is 32.1 Å². The number of hydrogen-bond donors (Lipinski definition) is 3. The molecule has 1 aliphatic heterocycles. The van der Waals surface area contributed by atoms with E-state index in [4.69, 9.17) is 5.73 Å². The monoisotopic (exact) mass is 364 g/mol. The third-order valence-corrected chi connectivity index (χ3v) is 6.09. The van der Waals surface area contributed by atoms with Crippen molar-refractivity contribution in [1.82, 2.24) is 9.71 Å². The highest BCUT2D eigenvalue weighted by atomic mass is 32.2. The molecule has 3 rings (SSSR count). The summed E-state index contributed by atoms with van der Waals surface area (Å²) < 4.78 is 27.4. The van der Waals surface area contributed by atoms with E-state index in [2.05, 4.69) is 15.0 Å². The Balaban J connectivity index is 1.85. The number of carbonyl (C=O) groups excluding carboxylic acids is 1. The average Bonchev–Trinajstić information content (AvgIpc) is 3.24. The average molecular weight is 364 g/mol. The van der Waals surface area contributed by atoms with Crippen molar-refractivity contribution in [3.8, 4) is 0 Å². The van der Waals surface area contributed by atoms with Gasteiger partial charge in [-0.05, 0) is 37.8 Å². The van der Waals surface area contributed by atoms with Gasteiger partial charge >= 0.3 is 0 Å². The van der Waals surface area contributed by atoms with E-state index < -0.39 is 21.5 Å². The minimum Gasteiger partial charge on any atom is -0.369 e. The van der Waals surface area contributed by atoms with Crippen LogP contribution in [0.2, 0.25) is 0 Å². The highest BCUT2D eigenvalue weighted by molar-refractivity contribution is 7.90. The molecule has 2 atom stereocenters. The van der Waals surface area contributed by atoms with Gasteiger partial charge in [-0.3, -0.25) is 4.79 Å². The molecule has 8 heteroatoms. The largest absolute Gasteiger partial charge is 0.369 e. The van der Waals surface area contributed by atoms with Gasteiger partial charge in [-0.15, -0.1) is 0 Å². The molecule has 4 N–H and O–H groups in total. The SMILES string of the molecule is N[C@]12C[C@H]1C=CCCCCCCNc1ncccc1S(=O)(=O)NC2=O. The normalized spacial score (nSPS) is 29.6. The first-order chi connectivity index (χ1) is 11.9. The third kappa shape index (κ3) is 4.01. The summed E-state index contributed by atoms with van der Waals surface area (Å²) in [6.07, 6.45) is 11.1. The number of carbonyl (C=O) groups is 1. The van der Waals surface area contributed by atoms with Gasteiger partial charge in [0.2, 0.25) is 0 Å². The van der Waals surface area contributed by atoms with Gasteiger partial charge in [0.1, 0.15) is 16.3 Å². The molecule has 1 fully saturated rings. The van der Waals surface area contributed by atoms with E-state index in [1.54, 1.807) is 0 Å². The Bertz CT molecular complexity index is 778. The molecule has 0 saturated heterocycles. The van der Waals surface area contributed by atoms with Crippen LogP contribution >= 0.6 is 0 Å². The fourth-order valence-corrected chi connectivity index (χ4v) is 4.21. The summed E-state index contributed by atoms with van der Waals surface area (Å²) in [6, 6.07) is 2.96. The zero-order valence-electron chi connectivity index (χ0n) is 14.1. The Labute approximate surface area is 148 Å². The maximum absolute atomic E-state index is 12.6.